The number of nitrogens with zero attached hydrogens (tertiary/aromatic N) is 8. The molecular weight excluding hydrogens is 592 g/mol. The zero-order valence-electron chi connectivity index (χ0n) is 25.6. The van der Waals surface area contributed by atoms with Crippen molar-refractivity contribution < 1.29 is 0 Å². The van der Waals surface area contributed by atoms with Gasteiger partial charge in [-0.2, -0.15) is 0 Å². The summed E-state index contributed by atoms with van der Waals surface area (Å²) in [5.41, 5.74) is 10.8. The molecule has 8 heteroatoms. The van der Waals surface area contributed by atoms with Crippen molar-refractivity contribution in [2.75, 3.05) is 0 Å². The first kappa shape index (κ1) is 28.7. The van der Waals surface area contributed by atoms with Gasteiger partial charge in [0.25, 0.3) is 0 Å². The minimum absolute atomic E-state index is 0.707. The van der Waals surface area contributed by atoms with Crippen LogP contribution in [0.15, 0.2) is 158 Å². The number of pyridine rings is 8. The third-order valence-corrected chi connectivity index (χ3v) is 7.72. The maximum Gasteiger partial charge on any atom is 0.0900 e. The van der Waals surface area contributed by atoms with Crippen LogP contribution in [-0.4, -0.2) is 39.9 Å². The summed E-state index contributed by atoms with van der Waals surface area (Å²) in [5.74, 6) is 0. The van der Waals surface area contributed by atoms with E-state index in [1.165, 1.54) is 0 Å². The predicted octanol–water partition coefficient (Wildman–Crippen LogP) is 8.52. The Labute approximate surface area is 277 Å². The normalized spacial score (nSPS) is 10.9. The van der Waals surface area contributed by atoms with E-state index in [-0.39, 0.29) is 0 Å². The summed E-state index contributed by atoms with van der Waals surface area (Å²) in [6, 6.07) is 43.2. The van der Waals surface area contributed by atoms with Crippen molar-refractivity contribution in [2.24, 2.45) is 0 Å². The SMILES string of the molecule is c1ccc(-c2cccc(-c3cc(-c4cc(-c5ccccn5)nc(-c5cccc(-c6ccccn6)n5)c4)cc(-c4ccccn4)n3)n2)nc1. The van der Waals surface area contributed by atoms with Crippen LogP contribution < -0.4 is 0 Å². The van der Waals surface area contributed by atoms with Gasteiger partial charge in [0.15, 0.2) is 0 Å². The van der Waals surface area contributed by atoms with E-state index in [4.69, 9.17) is 19.9 Å². The first-order valence-electron chi connectivity index (χ1n) is 15.4. The molecule has 0 fully saturated rings. The molecule has 0 aliphatic carbocycles. The van der Waals surface area contributed by atoms with E-state index < -0.39 is 0 Å². The van der Waals surface area contributed by atoms with Crippen LogP contribution in [-0.2, 0) is 0 Å². The summed E-state index contributed by atoms with van der Waals surface area (Å²) in [4.78, 5) is 38.3. The molecule has 0 aromatic carbocycles. The van der Waals surface area contributed by atoms with Gasteiger partial charge < -0.3 is 0 Å². The van der Waals surface area contributed by atoms with E-state index >= 15 is 0 Å². The Hall–Kier alpha value is -6.80. The van der Waals surface area contributed by atoms with Crippen LogP contribution in [0.3, 0.4) is 0 Å². The standard InChI is InChI=1S/C40H26N8/c1-5-19-41-29(11-1)33-15-9-17-35(45-33)39-25-27(23-37(47-39)31-13-3-7-21-43-31)28-24-38(32-14-4-8-22-44-32)48-40(26-28)36-18-10-16-34(46-36)30-12-2-6-20-42-30/h1-26H. The van der Waals surface area contributed by atoms with Gasteiger partial charge in [-0.15, -0.1) is 0 Å². The highest BCUT2D eigenvalue weighted by molar-refractivity contribution is 5.80. The topological polar surface area (TPSA) is 103 Å². The van der Waals surface area contributed by atoms with Gasteiger partial charge in [0.2, 0.25) is 0 Å². The van der Waals surface area contributed by atoms with Crippen molar-refractivity contribution in [3.63, 3.8) is 0 Å². The van der Waals surface area contributed by atoms with Crippen molar-refractivity contribution in [1.29, 1.82) is 0 Å². The molecule has 8 nitrogen and oxygen atoms in total. The number of aromatic nitrogens is 8. The Morgan fingerprint density at radius 1 is 0.229 bits per heavy atom. The van der Waals surface area contributed by atoms with E-state index in [2.05, 4.69) is 32.1 Å². The number of hydrogen-bond donors (Lipinski definition) is 0. The van der Waals surface area contributed by atoms with Crippen LogP contribution in [0.5, 0.6) is 0 Å². The zero-order valence-corrected chi connectivity index (χ0v) is 25.6. The van der Waals surface area contributed by atoms with Crippen LogP contribution in [0.2, 0.25) is 0 Å². The molecule has 0 unspecified atom stereocenters. The highest BCUT2D eigenvalue weighted by atomic mass is 14.9. The molecule has 8 rings (SSSR count). The summed E-state index contributed by atoms with van der Waals surface area (Å²) in [6.45, 7) is 0. The number of rotatable bonds is 7. The predicted molar refractivity (Wildman–Crippen MR) is 187 cm³/mol. The maximum atomic E-state index is 5.05. The molecule has 8 aromatic rings. The van der Waals surface area contributed by atoms with E-state index in [0.717, 1.165) is 68.1 Å². The Morgan fingerprint density at radius 2 is 0.479 bits per heavy atom. The van der Waals surface area contributed by atoms with Gasteiger partial charge >= 0.3 is 0 Å². The maximum absolute atomic E-state index is 5.05. The second-order valence-corrected chi connectivity index (χ2v) is 10.9. The largest absolute Gasteiger partial charge is 0.255 e. The van der Waals surface area contributed by atoms with Crippen LogP contribution in [0, 0.1) is 0 Å². The average molecular weight is 619 g/mol. The van der Waals surface area contributed by atoms with Crippen molar-refractivity contribution in [1.82, 2.24) is 39.9 Å². The molecule has 0 saturated carbocycles. The number of hydrogen-bond acceptors (Lipinski definition) is 8. The van der Waals surface area contributed by atoms with Gasteiger partial charge in [-0.1, -0.05) is 36.4 Å². The third-order valence-electron chi connectivity index (χ3n) is 7.72. The molecule has 0 bridgehead atoms. The monoisotopic (exact) mass is 618 g/mol. The van der Waals surface area contributed by atoms with E-state index in [1.807, 2.05) is 121 Å². The summed E-state index contributed by atoms with van der Waals surface area (Å²) >= 11 is 0. The van der Waals surface area contributed by atoms with E-state index in [1.54, 1.807) is 24.8 Å². The van der Waals surface area contributed by atoms with Crippen LogP contribution in [0.4, 0.5) is 0 Å². The summed E-state index contributed by atoms with van der Waals surface area (Å²) in [6.07, 6.45) is 7.08. The molecule has 0 atom stereocenters. The second-order valence-electron chi connectivity index (χ2n) is 10.9. The van der Waals surface area contributed by atoms with Gasteiger partial charge in [-0.05, 0) is 108 Å². The fourth-order valence-electron chi connectivity index (χ4n) is 5.42. The van der Waals surface area contributed by atoms with Gasteiger partial charge in [-0.25, -0.2) is 19.9 Å². The lowest BCUT2D eigenvalue weighted by atomic mass is 10.00. The van der Waals surface area contributed by atoms with Gasteiger partial charge in [0.1, 0.15) is 0 Å². The molecule has 8 aromatic heterocycles. The minimum Gasteiger partial charge on any atom is -0.255 e. The van der Waals surface area contributed by atoms with Gasteiger partial charge in [-0.3, -0.25) is 19.9 Å². The molecule has 226 valence electrons. The van der Waals surface area contributed by atoms with Gasteiger partial charge in [0.05, 0.1) is 68.3 Å². The quantitative estimate of drug-likeness (QED) is 0.175. The lowest BCUT2D eigenvalue weighted by Gasteiger charge is -2.13. The summed E-state index contributed by atoms with van der Waals surface area (Å²) in [7, 11) is 0. The molecule has 0 aliphatic rings. The Kier molecular flexibility index (Phi) is 7.70. The third kappa shape index (κ3) is 6.05. The molecule has 8 heterocycles. The Balaban J connectivity index is 1.31. The zero-order chi connectivity index (χ0) is 32.1. The minimum atomic E-state index is 0.707. The molecule has 0 radical (unpaired) electrons. The second kappa shape index (κ2) is 12.9. The highest BCUT2D eigenvalue weighted by Gasteiger charge is 2.16. The molecule has 0 spiro atoms. The van der Waals surface area contributed by atoms with E-state index in [9.17, 15) is 0 Å². The van der Waals surface area contributed by atoms with Crippen molar-refractivity contribution >= 4 is 0 Å². The molecule has 0 amide bonds. The fraction of sp³-hybridized carbons (Fsp3) is 0. The Bertz CT molecular complexity index is 2160. The first-order valence-corrected chi connectivity index (χ1v) is 15.4. The average Bonchev–Trinajstić information content (AvgIpc) is 3.19. The molecule has 0 aliphatic heterocycles. The van der Waals surface area contributed by atoms with Crippen LogP contribution in [0.25, 0.3) is 79.5 Å². The molecule has 0 saturated heterocycles. The summed E-state index contributed by atoms with van der Waals surface area (Å²) < 4.78 is 0. The van der Waals surface area contributed by atoms with Crippen LogP contribution in [0.1, 0.15) is 0 Å². The van der Waals surface area contributed by atoms with Crippen molar-refractivity contribution in [2.45, 2.75) is 0 Å². The van der Waals surface area contributed by atoms with Crippen molar-refractivity contribution in [3.05, 3.63) is 158 Å². The first-order chi connectivity index (χ1) is 23.8. The lowest BCUT2D eigenvalue weighted by molar-refractivity contribution is 1.20. The Morgan fingerprint density at radius 3 is 0.792 bits per heavy atom. The van der Waals surface area contributed by atoms with E-state index in [0.29, 0.717) is 11.4 Å². The molecule has 48 heavy (non-hydrogen) atoms. The fourth-order valence-corrected chi connectivity index (χ4v) is 5.42. The van der Waals surface area contributed by atoms with Crippen LogP contribution >= 0.6 is 0 Å². The lowest BCUT2D eigenvalue weighted by Crippen LogP contribution is -1.98. The summed E-state index contributed by atoms with van der Waals surface area (Å²) in [5, 5.41) is 0. The van der Waals surface area contributed by atoms with Gasteiger partial charge in [0, 0.05) is 24.8 Å². The highest BCUT2D eigenvalue weighted by Crippen LogP contribution is 2.34. The molecule has 0 N–H and O–H groups in total. The van der Waals surface area contributed by atoms with Crippen molar-refractivity contribution in [3.8, 4) is 79.5 Å². The molecular formula is C40H26N8. The smallest absolute Gasteiger partial charge is 0.0900 e.